The zero-order valence-electron chi connectivity index (χ0n) is 11.7. The average molecular weight is 451 g/mol. The minimum absolute atomic E-state index is 0.257. The molecule has 0 atom stereocenters. The third kappa shape index (κ3) is 4.13. The number of nitro groups is 1. The summed E-state index contributed by atoms with van der Waals surface area (Å²) >= 11 is 1.94. The van der Waals surface area contributed by atoms with Crippen LogP contribution in [-0.4, -0.2) is 10.8 Å². The number of anilines is 1. The molecule has 2 aromatic carbocycles. The molecule has 0 aliphatic carbocycles. The fraction of sp³-hybridized carbons (Fsp3) is 0.0714. The second-order valence-corrected chi connectivity index (χ2v) is 5.71. The van der Waals surface area contributed by atoms with Crippen molar-refractivity contribution in [3.8, 4) is 0 Å². The lowest BCUT2D eigenvalue weighted by Crippen LogP contribution is -2.30. The molecule has 2 N–H and O–H groups in total. The highest BCUT2D eigenvalue weighted by Crippen LogP contribution is 2.34. The molecule has 0 saturated heterocycles. The second kappa shape index (κ2) is 7.03. The summed E-state index contributed by atoms with van der Waals surface area (Å²) in [6.07, 6.45) is -4.70. The average Bonchev–Trinajstić information content (AvgIpc) is 2.51. The van der Waals surface area contributed by atoms with E-state index in [0.717, 1.165) is 6.07 Å². The smallest absolute Gasteiger partial charge is 0.292 e. The van der Waals surface area contributed by atoms with Crippen LogP contribution in [0.1, 0.15) is 15.9 Å². The molecular formula is C14H9F3IN3O3. The maximum atomic E-state index is 12.6. The van der Waals surface area contributed by atoms with Gasteiger partial charge in [-0.15, -0.1) is 0 Å². The molecule has 0 aliphatic rings. The van der Waals surface area contributed by atoms with Gasteiger partial charge in [0.05, 0.1) is 16.1 Å². The summed E-state index contributed by atoms with van der Waals surface area (Å²) in [4.78, 5) is 22.0. The Labute approximate surface area is 147 Å². The van der Waals surface area contributed by atoms with Crippen molar-refractivity contribution in [1.29, 1.82) is 0 Å². The first-order valence-corrected chi connectivity index (χ1v) is 7.44. The predicted molar refractivity (Wildman–Crippen MR) is 88.3 cm³/mol. The van der Waals surface area contributed by atoms with Crippen LogP contribution in [0.4, 0.5) is 24.5 Å². The number of benzene rings is 2. The Kier molecular flexibility index (Phi) is 5.26. The fourth-order valence-corrected chi connectivity index (χ4v) is 2.43. The molecule has 0 saturated carbocycles. The molecule has 24 heavy (non-hydrogen) atoms. The van der Waals surface area contributed by atoms with E-state index in [-0.39, 0.29) is 5.69 Å². The highest BCUT2D eigenvalue weighted by Gasteiger charge is 2.33. The zero-order chi connectivity index (χ0) is 17.9. The summed E-state index contributed by atoms with van der Waals surface area (Å²) in [6.45, 7) is 0. The van der Waals surface area contributed by atoms with Gasteiger partial charge in [0.1, 0.15) is 5.69 Å². The van der Waals surface area contributed by atoms with Gasteiger partial charge in [-0.2, -0.15) is 13.2 Å². The van der Waals surface area contributed by atoms with Crippen molar-refractivity contribution in [3.63, 3.8) is 0 Å². The van der Waals surface area contributed by atoms with Crippen molar-refractivity contribution in [3.05, 3.63) is 67.3 Å². The third-order valence-corrected chi connectivity index (χ3v) is 3.89. The number of amides is 1. The Balaban J connectivity index is 2.22. The van der Waals surface area contributed by atoms with Gasteiger partial charge in [0, 0.05) is 9.64 Å². The molecule has 0 bridgehead atoms. The molecule has 2 rings (SSSR count). The number of hydrogen-bond donors (Lipinski definition) is 2. The number of halogens is 4. The van der Waals surface area contributed by atoms with Crippen molar-refractivity contribution in [2.75, 3.05) is 5.43 Å². The maximum Gasteiger partial charge on any atom is 0.416 e. The Bertz CT molecular complexity index is 796. The van der Waals surface area contributed by atoms with E-state index < -0.39 is 28.3 Å². The molecule has 0 radical (unpaired) electrons. The first-order valence-electron chi connectivity index (χ1n) is 6.36. The third-order valence-electron chi connectivity index (χ3n) is 2.95. The van der Waals surface area contributed by atoms with E-state index in [9.17, 15) is 28.1 Å². The molecule has 0 heterocycles. The summed E-state index contributed by atoms with van der Waals surface area (Å²) in [7, 11) is 0. The zero-order valence-corrected chi connectivity index (χ0v) is 13.9. The van der Waals surface area contributed by atoms with E-state index in [1.165, 1.54) is 0 Å². The summed E-state index contributed by atoms with van der Waals surface area (Å²) in [6, 6.07) is 8.58. The van der Waals surface area contributed by atoms with Gasteiger partial charge in [-0.3, -0.25) is 25.8 Å². The van der Waals surface area contributed by atoms with Gasteiger partial charge in [-0.05, 0) is 46.9 Å². The number of carbonyl (C=O) groups excluding carboxylic acids is 1. The van der Waals surface area contributed by atoms with Crippen molar-refractivity contribution >= 4 is 39.9 Å². The van der Waals surface area contributed by atoms with Gasteiger partial charge in [0.15, 0.2) is 0 Å². The van der Waals surface area contributed by atoms with Gasteiger partial charge in [-0.1, -0.05) is 12.1 Å². The number of rotatable bonds is 4. The number of nitro benzene ring substituents is 1. The van der Waals surface area contributed by atoms with Gasteiger partial charge >= 0.3 is 6.18 Å². The van der Waals surface area contributed by atoms with Crippen LogP contribution >= 0.6 is 22.6 Å². The van der Waals surface area contributed by atoms with Crippen LogP contribution in [0.5, 0.6) is 0 Å². The number of carbonyl (C=O) groups is 1. The molecule has 0 unspecified atom stereocenters. The van der Waals surface area contributed by atoms with Crippen LogP contribution in [0.25, 0.3) is 0 Å². The SMILES string of the molecule is O=C(NNc1ccc(C(F)(F)F)cc1[N+](=O)[O-])c1ccccc1I. The minimum atomic E-state index is -4.70. The Morgan fingerprint density at radius 1 is 1.17 bits per heavy atom. The van der Waals surface area contributed by atoms with E-state index in [2.05, 4.69) is 10.9 Å². The number of nitrogens with zero attached hydrogens (tertiary/aromatic N) is 1. The molecule has 0 spiro atoms. The topological polar surface area (TPSA) is 84.3 Å². The van der Waals surface area contributed by atoms with E-state index in [1.54, 1.807) is 24.3 Å². The molecule has 1 amide bonds. The molecule has 0 fully saturated rings. The number of alkyl halides is 3. The number of hydrazine groups is 1. The lowest BCUT2D eigenvalue weighted by Gasteiger charge is -2.12. The van der Waals surface area contributed by atoms with Crippen molar-refractivity contribution in [2.24, 2.45) is 0 Å². The second-order valence-electron chi connectivity index (χ2n) is 4.55. The van der Waals surface area contributed by atoms with Crippen LogP contribution < -0.4 is 10.9 Å². The number of nitrogens with one attached hydrogen (secondary N) is 2. The summed E-state index contributed by atoms with van der Waals surface area (Å²) in [5.74, 6) is -0.575. The molecule has 0 aromatic heterocycles. The van der Waals surface area contributed by atoms with Crippen molar-refractivity contribution in [1.82, 2.24) is 5.43 Å². The van der Waals surface area contributed by atoms with E-state index in [1.807, 2.05) is 22.6 Å². The van der Waals surface area contributed by atoms with Crippen LogP contribution in [-0.2, 0) is 6.18 Å². The van der Waals surface area contributed by atoms with E-state index in [4.69, 9.17) is 0 Å². The van der Waals surface area contributed by atoms with Gasteiger partial charge in [0.2, 0.25) is 0 Å². The van der Waals surface area contributed by atoms with Crippen molar-refractivity contribution in [2.45, 2.75) is 6.18 Å². The normalized spacial score (nSPS) is 11.0. The highest BCUT2D eigenvalue weighted by molar-refractivity contribution is 14.1. The van der Waals surface area contributed by atoms with E-state index in [0.29, 0.717) is 21.3 Å². The molecular weight excluding hydrogens is 442 g/mol. The highest BCUT2D eigenvalue weighted by atomic mass is 127. The predicted octanol–water partition coefficient (Wildman–Crippen LogP) is 3.98. The summed E-state index contributed by atoms with van der Waals surface area (Å²) in [5, 5.41) is 11.0. The lowest BCUT2D eigenvalue weighted by atomic mass is 10.1. The maximum absolute atomic E-state index is 12.6. The lowest BCUT2D eigenvalue weighted by molar-refractivity contribution is -0.384. The Morgan fingerprint density at radius 2 is 1.83 bits per heavy atom. The molecule has 126 valence electrons. The number of hydrogen-bond acceptors (Lipinski definition) is 4. The molecule has 10 heteroatoms. The van der Waals surface area contributed by atoms with Gasteiger partial charge < -0.3 is 0 Å². The van der Waals surface area contributed by atoms with Crippen molar-refractivity contribution < 1.29 is 22.9 Å². The van der Waals surface area contributed by atoms with Gasteiger partial charge in [0.25, 0.3) is 11.6 Å². The Morgan fingerprint density at radius 3 is 2.42 bits per heavy atom. The monoisotopic (exact) mass is 451 g/mol. The minimum Gasteiger partial charge on any atom is -0.292 e. The van der Waals surface area contributed by atoms with Gasteiger partial charge in [-0.25, -0.2) is 0 Å². The largest absolute Gasteiger partial charge is 0.416 e. The summed E-state index contributed by atoms with van der Waals surface area (Å²) in [5.41, 5.74) is 2.63. The van der Waals surface area contributed by atoms with Crippen LogP contribution in [0.3, 0.4) is 0 Å². The fourth-order valence-electron chi connectivity index (χ4n) is 1.80. The quantitative estimate of drug-likeness (QED) is 0.419. The first-order chi connectivity index (χ1) is 11.2. The van der Waals surface area contributed by atoms with Crippen LogP contribution in [0.2, 0.25) is 0 Å². The summed E-state index contributed by atoms with van der Waals surface area (Å²) < 4.78 is 38.5. The van der Waals surface area contributed by atoms with E-state index >= 15 is 0 Å². The van der Waals surface area contributed by atoms with Crippen LogP contribution in [0, 0.1) is 13.7 Å². The molecule has 2 aromatic rings. The van der Waals surface area contributed by atoms with Crippen LogP contribution in [0.15, 0.2) is 42.5 Å². The Hall–Kier alpha value is -2.37. The molecule has 0 aliphatic heterocycles. The standard InChI is InChI=1S/C14H9F3IN3O3/c15-14(16,17)8-5-6-11(12(7-8)21(23)24)19-20-13(22)9-3-1-2-4-10(9)18/h1-7,19H,(H,20,22). The first kappa shape index (κ1) is 18.0. The molecule has 6 nitrogen and oxygen atoms in total.